The Hall–Kier alpha value is -2.61. The van der Waals surface area contributed by atoms with Crippen molar-refractivity contribution < 1.29 is 4.79 Å². The predicted octanol–water partition coefficient (Wildman–Crippen LogP) is 2.58. The van der Waals surface area contributed by atoms with Crippen molar-refractivity contribution in [1.29, 1.82) is 0 Å². The molecule has 0 aliphatic carbocycles. The summed E-state index contributed by atoms with van der Waals surface area (Å²) in [5.41, 5.74) is 0.606. The number of hydrogen-bond acceptors (Lipinski definition) is 5. The van der Waals surface area contributed by atoms with Crippen molar-refractivity contribution >= 4 is 34.3 Å². The van der Waals surface area contributed by atoms with E-state index in [2.05, 4.69) is 23.7 Å². The Morgan fingerprint density at radius 2 is 2.11 bits per heavy atom. The van der Waals surface area contributed by atoms with Crippen molar-refractivity contribution in [2.75, 3.05) is 19.3 Å². The average molecular weight is 385 g/mol. The SMILES string of the molecule is C=CCn1c(=O)c2ccccc2n2c(SCC(=O)N(C)CCCC)nnc12. The van der Waals surface area contributed by atoms with Gasteiger partial charge in [-0.1, -0.05) is 43.3 Å². The molecule has 0 radical (unpaired) electrons. The third-order valence-corrected chi connectivity index (χ3v) is 5.30. The number of allylic oxidation sites excluding steroid dienone is 1. The van der Waals surface area contributed by atoms with Crippen LogP contribution in [0.4, 0.5) is 0 Å². The summed E-state index contributed by atoms with van der Waals surface area (Å²) in [5, 5.41) is 9.61. The molecule has 0 atom stereocenters. The van der Waals surface area contributed by atoms with E-state index in [0.29, 0.717) is 22.9 Å². The summed E-state index contributed by atoms with van der Waals surface area (Å²) >= 11 is 1.33. The first-order valence-corrected chi connectivity index (χ1v) is 9.91. The van der Waals surface area contributed by atoms with Crippen LogP contribution in [-0.4, -0.2) is 49.3 Å². The lowest BCUT2D eigenvalue weighted by molar-refractivity contribution is -0.127. The third kappa shape index (κ3) is 3.75. The monoisotopic (exact) mass is 385 g/mol. The molecule has 3 rings (SSSR count). The molecule has 0 aliphatic heterocycles. The zero-order chi connectivity index (χ0) is 19.4. The van der Waals surface area contributed by atoms with Gasteiger partial charge in [-0.15, -0.1) is 16.8 Å². The van der Waals surface area contributed by atoms with Gasteiger partial charge in [0.15, 0.2) is 5.16 Å². The van der Waals surface area contributed by atoms with E-state index < -0.39 is 0 Å². The first-order valence-electron chi connectivity index (χ1n) is 8.92. The Balaban J connectivity index is 1.99. The van der Waals surface area contributed by atoms with Crippen LogP contribution in [0.15, 0.2) is 46.9 Å². The maximum absolute atomic E-state index is 12.8. The first-order chi connectivity index (χ1) is 13.1. The summed E-state index contributed by atoms with van der Waals surface area (Å²) in [6, 6.07) is 7.35. The number of rotatable bonds is 8. The molecule has 2 aromatic heterocycles. The number of unbranched alkanes of at least 4 members (excludes halogenated alkanes) is 1. The molecule has 0 spiro atoms. The van der Waals surface area contributed by atoms with E-state index in [1.165, 1.54) is 11.8 Å². The van der Waals surface area contributed by atoms with Gasteiger partial charge in [-0.3, -0.25) is 18.6 Å². The lowest BCUT2D eigenvalue weighted by Crippen LogP contribution is -2.29. The van der Waals surface area contributed by atoms with Crippen LogP contribution in [0.25, 0.3) is 16.7 Å². The van der Waals surface area contributed by atoms with Crippen molar-refractivity contribution in [1.82, 2.24) is 24.1 Å². The molecule has 27 heavy (non-hydrogen) atoms. The highest BCUT2D eigenvalue weighted by atomic mass is 32.2. The zero-order valence-corrected chi connectivity index (χ0v) is 16.4. The lowest BCUT2D eigenvalue weighted by Gasteiger charge is -2.16. The number of hydrogen-bond donors (Lipinski definition) is 0. The summed E-state index contributed by atoms with van der Waals surface area (Å²) in [6.45, 7) is 6.91. The summed E-state index contributed by atoms with van der Waals surface area (Å²) in [6.07, 6.45) is 3.69. The first kappa shape index (κ1) is 19.2. The van der Waals surface area contributed by atoms with E-state index in [0.717, 1.165) is 24.9 Å². The summed E-state index contributed by atoms with van der Waals surface area (Å²) in [4.78, 5) is 26.9. The highest BCUT2D eigenvalue weighted by molar-refractivity contribution is 7.99. The molecule has 1 amide bonds. The fraction of sp³-hybridized carbons (Fsp3) is 0.368. The molecule has 1 aromatic carbocycles. The predicted molar refractivity (Wildman–Crippen MR) is 108 cm³/mol. The molecule has 0 saturated carbocycles. The molecular weight excluding hydrogens is 362 g/mol. The van der Waals surface area contributed by atoms with Crippen LogP contribution in [0.2, 0.25) is 0 Å². The molecule has 7 nitrogen and oxygen atoms in total. The van der Waals surface area contributed by atoms with Crippen molar-refractivity contribution in [2.45, 2.75) is 31.5 Å². The number of thioether (sulfide) groups is 1. The molecule has 0 fully saturated rings. The minimum atomic E-state index is -0.127. The van der Waals surface area contributed by atoms with Crippen molar-refractivity contribution in [3.8, 4) is 0 Å². The van der Waals surface area contributed by atoms with Gasteiger partial charge in [0.1, 0.15) is 0 Å². The quantitative estimate of drug-likeness (QED) is 0.440. The maximum Gasteiger partial charge on any atom is 0.263 e. The number of benzene rings is 1. The fourth-order valence-corrected chi connectivity index (χ4v) is 3.76. The van der Waals surface area contributed by atoms with Gasteiger partial charge >= 0.3 is 0 Å². The Bertz CT molecular complexity index is 1040. The molecular formula is C19H23N5O2S. The number of nitrogens with zero attached hydrogens (tertiary/aromatic N) is 5. The molecule has 2 heterocycles. The number of amides is 1. The van der Waals surface area contributed by atoms with Gasteiger partial charge in [-0.25, -0.2) is 0 Å². The van der Waals surface area contributed by atoms with Crippen LogP contribution in [-0.2, 0) is 11.3 Å². The summed E-state index contributed by atoms with van der Waals surface area (Å²) < 4.78 is 3.38. The fourth-order valence-electron chi connectivity index (χ4n) is 2.88. The van der Waals surface area contributed by atoms with Crippen LogP contribution in [0.3, 0.4) is 0 Å². The molecule has 0 unspecified atom stereocenters. The van der Waals surface area contributed by atoms with Crippen LogP contribution in [0, 0.1) is 0 Å². The zero-order valence-electron chi connectivity index (χ0n) is 15.6. The minimum absolute atomic E-state index is 0.0499. The number of carbonyl (C=O) groups is 1. The van der Waals surface area contributed by atoms with Gasteiger partial charge in [0.05, 0.1) is 16.7 Å². The van der Waals surface area contributed by atoms with Crippen LogP contribution < -0.4 is 5.56 Å². The Kier molecular flexibility index (Phi) is 5.95. The third-order valence-electron chi connectivity index (χ3n) is 4.39. The summed E-state index contributed by atoms with van der Waals surface area (Å²) in [5.74, 6) is 0.775. The van der Waals surface area contributed by atoms with Gasteiger partial charge < -0.3 is 4.90 Å². The average Bonchev–Trinajstić information content (AvgIpc) is 3.11. The van der Waals surface area contributed by atoms with Crippen molar-refractivity contribution in [2.24, 2.45) is 0 Å². The number of carbonyl (C=O) groups excluding carboxylic acids is 1. The van der Waals surface area contributed by atoms with E-state index in [-0.39, 0.29) is 17.2 Å². The standard InChI is InChI=1S/C19H23N5O2S/c1-4-6-12-22(3)16(25)13-27-19-21-20-18-23(11-5-2)17(26)14-9-7-8-10-15(14)24(18)19/h5,7-10H,2,4,6,11-13H2,1,3H3. The highest BCUT2D eigenvalue weighted by Gasteiger charge is 2.17. The van der Waals surface area contributed by atoms with E-state index >= 15 is 0 Å². The Labute approximate surface area is 161 Å². The number of aromatic nitrogens is 4. The molecule has 0 N–H and O–H groups in total. The Morgan fingerprint density at radius 3 is 2.85 bits per heavy atom. The topological polar surface area (TPSA) is 72.5 Å². The smallest absolute Gasteiger partial charge is 0.263 e. The lowest BCUT2D eigenvalue weighted by atomic mass is 10.2. The highest BCUT2D eigenvalue weighted by Crippen LogP contribution is 2.21. The summed E-state index contributed by atoms with van der Waals surface area (Å²) in [7, 11) is 1.82. The minimum Gasteiger partial charge on any atom is -0.345 e. The molecule has 0 aliphatic rings. The Morgan fingerprint density at radius 1 is 1.33 bits per heavy atom. The van der Waals surface area contributed by atoms with Gasteiger partial charge in [0, 0.05) is 20.1 Å². The van der Waals surface area contributed by atoms with E-state index in [4.69, 9.17) is 0 Å². The van der Waals surface area contributed by atoms with E-state index in [9.17, 15) is 9.59 Å². The second kappa shape index (κ2) is 8.39. The molecule has 0 saturated heterocycles. The number of para-hydroxylation sites is 1. The molecule has 3 aromatic rings. The van der Waals surface area contributed by atoms with Gasteiger partial charge in [0.2, 0.25) is 11.7 Å². The van der Waals surface area contributed by atoms with Crippen molar-refractivity contribution in [3.63, 3.8) is 0 Å². The normalized spacial score (nSPS) is 11.2. The molecule has 142 valence electrons. The van der Waals surface area contributed by atoms with E-state index in [1.807, 2.05) is 29.6 Å². The van der Waals surface area contributed by atoms with Gasteiger partial charge in [0.25, 0.3) is 5.56 Å². The second-order valence-corrected chi connectivity index (χ2v) is 7.24. The molecule has 0 bridgehead atoms. The van der Waals surface area contributed by atoms with Crippen LogP contribution in [0.5, 0.6) is 0 Å². The molecule has 8 heteroatoms. The van der Waals surface area contributed by atoms with E-state index in [1.54, 1.807) is 21.6 Å². The van der Waals surface area contributed by atoms with Crippen LogP contribution in [0.1, 0.15) is 19.8 Å². The van der Waals surface area contributed by atoms with Crippen molar-refractivity contribution in [3.05, 3.63) is 47.3 Å². The van der Waals surface area contributed by atoms with Crippen LogP contribution >= 0.6 is 11.8 Å². The maximum atomic E-state index is 12.8. The largest absolute Gasteiger partial charge is 0.345 e. The second-order valence-electron chi connectivity index (χ2n) is 6.30. The number of fused-ring (bicyclic) bond motifs is 3. The van der Waals surface area contributed by atoms with Gasteiger partial charge in [-0.2, -0.15) is 0 Å². The van der Waals surface area contributed by atoms with Gasteiger partial charge in [-0.05, 0) is 18.6 Å².